The normalized spacial score (nSPS) is 17.3. The molecule has 0 aliphatic carbocycles. The maximum Gasteiger partial charge on any atom is 0.163 e. The molecule has 0 bridgehead atoms. The van der Waals surface area contributed by atoms with Crippen molar-refractivity contribution in [3.05, 3.63) is 12.0 Å². The van der Waals surface area contributed by atoms with Crippen LogP contribution in [0.1, 0.15) is 12.7 Å². The molecule has 3 rings (SSSR count). The van der Waals surface area contributed by atoms with Crippen LogP contribution >= 0.6 is 0 Å². The summed E-state index contributed by atoms with van der Waals surface area (Å²) < 4.78 is 1.82. The molecule has 0 atom stereocenters. The van der Waals surface area contributed by atoms with Crippen LogP contribution < -0.4 is 4.90 Å². The van der Waals surface area contributed by atoms with E-state index in [0.717, 1.165) is 55.4 Å². The van der Waals surface area contributed by atoms with E-state index in [1.807, 2.05) is 24.9 Å². The molecule has 0 unspecified atom stereocenters. The molecule has 0 radical (unpaired) electrons. The van der Waals surface area contributed by atoms with Crippen molar-refractivity contribution in [3.8, 4) is 0 Å². The summed E-state index contributed by atoms with van der Waals surface area (Å²) in [6.07, 6.45) is 1.87. The van der Waals surface area contributed by atoms with Gasteiger partial charge in [0.15, 0.2) is 5.65 Å². The van der Waals surface area contributed by atoms with Crippen LogP contribution in [0.4, 0.5) is 5.82 Å². The zero-order chi connectivity index (χ0) is 13.4. The van der Waals surface area contributed by atoms with Gasteiger partial charge in [0.2, 0.25) is 0 Å². The SMILES string of the molecule is CCN1CCN(c2nc(C)nc3c2cnn3C)CC1. The molecule has 0 spiro atoms. The molecule has 2 aromatic rings. The van der Waals surface area contributed by atoms with Gasteiger partial charge in [-0.3, -0.25) is 4.68 Å². The molecule has 0 saturated carbocycles. The highest BCUT2D eigenvalue weighted by atomic mass is 15.3. The van der Waals surface area contributed by atoms with E-state index in [1.165, 1.54) is 0 Å². The van der Waals surface area contributed by atoms with Gasteiger partial charge in [0, 0.05) is 33.2 Å². The highest BCUT2D eigenvalue weighted by Crippen LogP contribution is 2.24. The van der Waals surface area contributed by atoms with Gasteiger partial charge in [-0.15, -0.1) is 0 Å². The Bertz CT molecular complexity index is 582. The van der Waals surface area contributed by atoms with Crippen LogP contribution in [0.25, 0.3) is 11.0 Å². The molecule has 6 heteroatoms. The number of nitrogens with zero attached hydrogens (tertiary/aromatic N) is 6. The fraction of sp³-hybridized carbons (Fsp3) is 0.615. The lowest BCUT2D eigenvalue weighted by Gasteiger charge is -2.35. The predicted molar refractivity (Wildman–Crippen MR) is 75.4 cm³/mol. The fourth-order valence-corrected chi connectivity index (χ4v) is 2.63. The van der Waals surface area contributed by atoms with Crippen LogP contribution in [-0.2, 0) is 7.05 Å². The maximum atomic E-state index is 4.63. The minimum atomic E-state index is 0.809. The number of piperazine rings is 1. The Hall–Kier alpha value is -1.69. The molecular formula is C13H20N6. The molecule has 0 N–H and O–H groups in total. The molecule has 1 fully saturated rings. The van der Waals surface area contributed by atoms with Crippen LogP contribution in [0.5, 0.6) is 0 Å². The number of aryl methyl sites for hydroxylation is 2. The van der Waals surface area contributed by atoms with E-state index in [-0.39, 0.29) is 0 Å². The summed E-state index contributed by atoms with van der Waals surface area (Å²) in [5.41, 5.74) is 0.917. The van der Waals surface area contributed by atoms with Crippen LogP contribution in [0, 0.1) is 6.92 Å². The van der Waals surface area contributed by atoms with E-state index in [0.29, 0.717) is 0 Å². The molecule has 102 valence electrons. The molecule has 6 nitrogen and oxygen atoms in total. The Morgan fingerprint density at radius 1 is 1.16 bits per heavy atom. The van der Waals surface area contributed by atoms with Crippen LogP contribution in [-0.4, -0.2) is 57.4 Å². The van der Waals surface area contributed by atoms with Crippen molar-refractivity contribution >= 4 is 16.9 Å². The van der Waals surface area contributed by atoms with Gasteiger partial charge in [0.05, 0.1) is 11.6 Å². The van der Waals surface area contributed by atoms with Crippen molar-refractivity contribution in [1.82, 2.24) is 24.6 Å². The zero-order valence-electron chi connectivity index (χ0n) is 11.8. The number of aromatic nitrogens is 4. The van der Waals surface area contributed by atoms with Crippen molar-refractivity contribution in [1.29, 1.82) is 0 Å². The van der Waals surface area contributed by atoms with Gasteiger partial charge in [0.25, 0.3) is 0 Å². The van der Waals surface area contributed by atoms with Crippen molar-refractivity contribution in [2.24, 2.45) is 7.05 Å². The first-order chi connectivity index (χ1) is 9.19. The number of hydrogen-bond acceptors (Lipinski definition) is 5. The van der Waals surface area contributed by atoms with Gasteiger partial charge in [-0.05, 0) is 13.5 Å². The van der Waals surface area contributed by atoms with Gasteiger partial charge in [-0.25, -0.2) is 9.97 Å². The second-order valence-electron chi connectivity index (χ2n) is 5.02. The lowest BCUT2D eigenvalue weighted by atomic mass is 10.2. The minimum Gasteiger partial charge on any atom is -0.353 e. The first-order valence-electron chi connectivity index (χ1n) is 6.82. The number of fused-ring (bicyclic) bond motifs is 1. The topological polar surface area (TPSA) is 50.1 Å². The summed E-state index contributed by atoms with van der Waals surface area (Å²) in [6, 6.07) is 0. The summed E-state index contributed by atoms with van der Waals surface area (Å²) in [4.78, 5) is 13.9. The van der Waals surface area contributed by atoms with E-state index in [2.05, 4.69) is 31.8 Å². The van der Waals surface area contributed by atoms with Crippen molar-refractivity contribution in [2.45, 2.75) is 13.8 Å². The second kappa shape index (κ2) is 4.77. The molecule has 1 aliphatic rings. The lowest BCUT2D eigenvalue weighted by Crippen LogP contribution is -2.46. The van der Waals surface area contributed by atoms with Gasteiger partial charge >= 0.3 is 0 Å². The summed E-state index contributed by atoms with van der Waals surface area (Å²) >= 11 is 0. The number of rotatable bonds is 2. The summed E-state index contributed by atoms with van der Waals surface area (Å²) in [7, 11) is 1.92. The fourth-order valence-electron chi connectivity index (χ4n) is 2.63. The van der Waals surface area contributed by atoms with E-state index in [9.17, 15) is 0 Å². The Labute approximate surface area is 113 Å². The lowest BCUT2D eigenvalue weighted by molar-refractivity contribution is 0.270. The smallest absolute Gasteiger partial charge is 0.163 e. The Morgan fingerprint density at radius 3 is 2.58 bits per heavy atom. The molecule has 0 amide bonds. The summed E-state index contributed by atoms with van der Waals surface area (Å²) in [6.45, 7) is 9.52. The third-order valence-corrected chi connectivity index (χ3v) is 3.80. The second-order valence-corrected chi connectivity index (χ2v) is 5.02. The van der Waals surface area contributed by atoms with Gasteiger partial charge in [-0.1, -0.05) is 6.92 Å². The Kier molecular flexibility index (Phi) is 3.10. The van der Waals surface area contributed by atoms with Crippen LogP contribution in [0.15, 0.2) is 6.20 Å². The molecule has 2 aromatic heterocycles. The standard InChI is InChI=1S/C13H20N6/c1-4-18-5-7-19(8-6-18)13-11-9-14-17(3)12(11)15-10(2)16-13/h9H,4-8H2,1-3H3. The predicted octanol–water partition coefficient (Wildman–Crippen LogP) is 0.814. The number of likely N-dealkylation sites (N-methyl/N-ethyl adjacent to an activating group) is 1. The third-order valence-electron chi connectivity index (χ3n) is 3.80. The van der Waals surface area contributed by atoms with E-state index < -0.39 is 0 Å². The van der Waals surface area contributed by atoms with Gasteiger partial charge in [0.1, 0.15) is 11.6 Å². The van der Waals surface area contributed by atoms with Crippen LogP contribution in [0.3, 0.4) is 0 Å². The first kappa shape index (κ1) is 12.3. The average Bonchev–Trinajstić information content (AvgIpc) is 2.80. The highest BCUT2D eigenvalue weighted by Gasteiger charge is 2.20. The molecule has 3 heterocycles. The summed E-state index contributed by atoms with van der Waals surface area (Å²) in [5, 5.41) is 5.35. The van der Waals surface area contributed by atoms with E-state index in [1.54, 1.807) is 0 Å². The van der Waals surface area contributed by atoms with Gasteiger partial charge < -0.3 is 9.80 Å². The molecule has 1 saturated heterocycles. The molecule has 0 aromatic carbocycles. The third kappa shape index (κ3) is 2.16. The minimum absolute atomic E-state index is 0.809. The Morgan fingerprint density at radius 2 is 1.89 bits per heavy atom. The van der Waals surface area contributed by atoms with Crippen molar-refractivity contribution in [3.63, 3.8) is 0 Å². The largest absolute Gasteiger partial charge is 0.353 e. The Balaban J connectivity index is 1.96. The van der Waals surface area contributed by atoms with E-state index in [4.69, 9.17) is 0 Å². The zero-order valence-corrected chi connectivity index (χ0v) is 11.8. The maximum absolute atomic E-state index is 4.63. The number of hydrogen-bond donors (Lipinski definition) is 0. The number of anilines is 1. The molecule has 19 heavy (non-hydrogen) atoms. The van der Waals surface area contributed by atoms with Crippen LogP contribution in [0.2, 0.25) is 0 Å². The first-order valence-corrected chi connectivity index (χ1v) is 6.82. The van der Waals surface area contributed by atoms with Crippen molar-refractivity contribution in [2.75, 3.05) is 37.6 Å². The monoisotopic (exact) mass is 260 g/mol. The van der Waals surface area contributed by atoms with Crippen molar-refractivity contribution < 1.29 is 0 Å². The van der Waals surface area contributed by atoms with Gasteiger partial charge in [-0.2, -0.15) is 5.10 Å². The quantitative estimate of drug-likeness (QED) is 0.800. The van der Waals surface area contributed by atoms with E-state index >= 15 is 0 Å². The highest BCUT2D eigenvalue weighted by molar-refractivity contribution is 5.87. The molecular weight excluding hydrogens is 240 g/mol. The molecule has 1 aliphatic heterocycles. The summed E-state index contributed by atoms with van der Waals surface area (Å²) in [5.74, 6) is 1.84. The average molecular weight is 260 g/mol.